The Morgan fingerprint density at radius 3 is 2.44 bits per heavy atom. The topological polar surface area (TPSA) is 81.4 Å². The number of carbonyl (C=O) groups is 2. The fraction of sp³-hybridized carbons (Fsp3) is 0.300. The highest BCUT2D eigenvalue weighted by molar-refractivity contribution is 6.19. The molecule has 0 aliphatic carbocycles. The van der Waals surface area contributed by atoms with Crippen LogP contribution in [0.15, 0.2) is 48.5 Å². The number of carbonyl (C=O) groups excluding carboxylic acids is 2. The molecule has 0 radical (unpaired) electrons. The van der Waals surface area contributed by atoms with Crippen LogP contribution in [-0.2, 0) is 26.2 Å². The Labute approximate surface area is 147 Å². The third-order valence-electron chi connectivity index (χ3n) is 4.28. The number of fused-ring (bicyclic) bond motifs is 1. The molecule has 0 spiro atoms. The lowest BCUT2D eigenvalue weighted by atomic mass is 9.76. The standard InChI is InChI=1S/C20H22N2O3/c1-19(2,3)25-18(24)20(12-13-8-4-6-10-15(13)21)14-9-5-7-11-16(14)22-17(20)23/h4-11H,12,21H2,1-3H3,(H,22,23). The van der Waals surface area contributed by atoms with Crippen molar-refractivity contribution in [2.75, 3.05) is 11.1 Å². The van der Waals surface area contributed by atoms with Crippen molar-refractivity contribution >= 4 is 23.3 Å². The van der Waals surface area contributed by atoms with Crippen LogP contribution in [0.25, 0.3) is 0 Å². The van der Waals surface area contributed by atoms with Crippen molar-refractivity contribution in [2.24, 2.45) is 0 Å². The molecule has 5 heteroatoms. The Morgan fingerprint density at radius 2 is 1.76 bits per heavy atom. The number of rotatable bonds is 3. The summed E-state index contributed by atoms with van der Waals surface area (Å²) in [6.45, 7) is 5.36. The molecule has 1 atom stereocenters. The molecule has 3 N–H and O–H groups in total. The number of para-hydroxylation sites is 2. The number of benzene rings is 2. The Kier molecular flexibility index (Phi) is 4.03. The zero-order valence-corrected chi connectivity index (χ0v) is 14.6. The van der Waals surface area contributed by atoms with Gasteiger partial charge in [-0.25, -0.2) is 0 Å². The number of nitrogens with two attached hydrogens (primary N) is 1. The van der Waals surface area contributed by atoms with E-state index in [0.29, 0.717) is 16.9 Å². The van der Waals surface area contributed by atoms with Crippen molar-refractivity contribution in [1.29, 1.82) is 0 Å². The van der Waals surface area contributed by atoms with Crippen molar-refractivity contribution in [3.63, 3.8) is 0 Å². The molecule has 5 nitrogen and oxygen atoms in total. The lowest BCUT2D eigenvalue weighted by Crippen LogP contribution is -2.48. The quantitative estimate of drug-likeness (QED) is 0.512. The van der Waals surface area contributed by atoms with E-state index in [9.17, 15) is 9.59 Å². The predicted octanol–water partition coefficient (Wildman–Crippen LogP) is 3.04. The lowest BCUT2D eigenvalue weighted by molar-refractivity contribution is -0.163. The van der Waals surface area contributed by atoms with Crippen LogP contribution >= 0.6 is 0 Å². The van der Waals surface area contributed by atoms with Crippen LogP contribution in [0.4, 0.5) is 11.4 Å². The molecule has 0 bridgehead atoms. The smallest absolute Gasteiger partial charge is 0.327 e. The summed E-state index contributed by atoms with van der Waals surface area (Å²) < 4.78 is 5.62. The third-order valence-corrected chi connectivity index (χ3v) is 4.28. The summed E-state index contributed by atoms with van der Waals surface area (Å²) in [5.74, 6) is -0.947. The summed E-state index contributed by atoms with van der Waals surface area (Å²) in [6, 6.07) is 14.5. The van der Waals surface area contributed by atoms with E-state index in [2.05, 4.69) is 5.32 Å². The van der Waals surface area contributed by atoms with E-state index in [0.717, 1.165) is 5.56 Å². The minimum absolute atomic E-state index is 0.150. The summed E-state index contributed by atoms with van der Waals surface area (Å²) >= 11 is 0. The molecule has 2 aromatic rings. The number of hydrogen-bond donors (Lipinski definition) is 2. The van der Waals surface area contributed by atoms with Crippen LogP contribution < -0.4 is 11.1 Å². The van der Waals surface area contributed by atoms with Gasteiger partial charge in [0.05, 0.1) is 0 Å². The number of nitrogen functional groups attached to an aromatic ring is 1. The number of ether oxygens (including phenoxy) is 1. The Balaban J connectivity index is 2.14. The van der Waals surface area contributed by atoms with Crippen molar-refractivity contribution in [2.45, 2.75) is 38.2 Å². The summed E-state index contributed by atoms with van der Waals surface area (Å²) in [6.07, 6.45) is 0.150. The molecule has 0 saturated heterocycles. The van der Waals surface area contributed by atoms with E-state index in [4.69, 9.17) is 10.5 Å². The van der Waals surface area contributed by atoms with Crippen LogP contribution in [0.2, 0.25) is 0 Å². The van der Waals surface area contributed by atoms with Gasteiger partial charge in [-0.3, -0.25) is 9.59 Å². The van der Waals surface area contributed by atoms with Crippen molar-refractivity contribution in [1.82, 2.24) is 0 Å². The molecule has 2 aromatic carbocycles. The Morgan fingerprint density at radius 1 is 1.12 bits per heavy atom. The lowest BCUT2D eigenvalue weighted by Gasteiger charge is -2.30. The second-order valence-corrected chi connectivity index (χ2v) is 7.28. The molecule has 1 aliphatic rings. The minimum Gasteiger partial charge on any atom is -0.459 e. The SMILES string of the molecule is CC(C)(C)OC(=O)C1(Cc2ccccc2N)C(=O)Nc2ccccc21. The van der Waals surface area contributed by atoms with E-state index in [-0.39, 0.29) is 12.3 Å². The van der Waals surface area contributed by atoms with Gasteiger partial charge in [0.2, 0.25) is 5.91 Å². The number of esters is 1. The maximum atomic E-state index is 13.1. The Hall–Kier alpha value is -2.82. The monoisotopic (exact) mass is 338 g/mol. The van der Waals surface area contributed by atoms with Gasteiger partial charge in [-0.1, -0.05) is 36.4 Å². The molecule has 130 valence electrons. The first-order valence-corrected chi connectivity index (χ1v) is 8.22. The molecular weight excluding hydrogens is 316 g/mol. The first-order chi connectivity index (χ1) is 11.7. The van der Waals surface area contributed by atoms with E-state index >= 15 is 0 Å². The maximum absolute atomic E-state index is 13.1. The van der Waals surface area contributed by atoms with Crippen LogP contribution in [-0.4, -0.2) is 17.5 Å². The van der Waals surface area contributed by atoms with Gasteiger partial charge in [-0.05, 0) is 38.5 Å². The number of nitrogens with one attached hydrogen (secondary N) is 1. The summed E-state index contributed by atoms with van der Waals surface area (Å²) in [7, 11) is 0. The molecule has 25 heavy (non-hydrogen) atoms. The molecule has 1 aliphatic heterocycles. The van der Waals surface area contributed by atoms with Gasteiger partial charge in [-0.2, -0.15) is 0 Å². The molecule has 0 saturated carbocycles. The number of hydrogen-bond acceptors (Lipinski definition) is 4. The van der Waals surface area contributed by atoms with Crippen molar-refractivity contribution in [3.05, 3.63) is 59.7 Å². The number of anilines is 2. The van der Waals surface area contributed by atoms with Gasteiger partial charge < -0.3 is 15.8 Å². The van der Waals surface area contributed by atoms with Crippen LogP contribution in [0, 0.1) is 0 Å². The average molecular weight is 338 g/mol. The first kappa shape index (κ1) is 17.0. The predicted molar refractivity (Wildman–Crippen MR) is 97.2 cm³/mol. The molecule has 1 amide bonds. The maximum Gasteiger partial charge on any atom is 0.327 e. The second kappa shape index (κ2) is 5.92. The normalized spacial score (nSPS) is 19.2. The zero-order valence-electron chi connectivity index (χ0n) is 14.6. The first-order valence-electron chi connectivity index (χ1n) is 8.22. The van der Waals surface area contributed by atoms with Gasteiger partial charge in [0.25, 0.3) is 0 Å². The highest BCUT2D eigenvalue weighted by atomic mass is 16.6. The highest BCUT2D eigenvalue weighted by Crippen LogP contribution is 2.42. The third kappa shape index (κ3) is 2.97. The Bertz CT molecular complexity index is 839. The van der Waals surface area contributed by atoms with Crippen LogP contribution in [0.3, 0.4) is 0 Å². The summed E-state index contributed by atoms with van der Waals surface area (Å²) in [5.41, 5.74) is 6.45. The van der Waals surface area contributed by atoms with E-state index < -0.39 is 17.0 Å². The summed E-state index contributed by atoms with van der Waals surface area (Å²) in [5, 5.41) is 2.81. The molecule has 3 rings (SSSR count). The van der Waals surface area contributed by atoms with E-state index in [1.54, 1.807) is 39.0 Å². The summed E-state index contributed by atoms with van der Waals surface area (Å²) in [4.78, 5) is 26.1. The van der Waals surface area contributed by atoms with Crippen LogP contribution in [0.5, 0.6) is 0 Å². The van der Waals surface area contributed by atoms with Crippen LogP contribution in [0.1, 0.15) is 31.9 Å². The second-order valence-electron chi connectivity index (χ2n) is 7.28. The highest BCUT2D eigenvalue weighted by Gasteiger charge is 2.55. The van der Waals surface area contributed by atoms with Gasteiger partial charge in [-0.15, -0.1) is 0 Å². The fourth-order valence-electron chi connectivity index (χ4n) is 3.11. The zero-order chi connectivity index (χ0) is 18.2. The van der Waals surface area contributed by atoms with Gasteiger partial charge in [0, 0.05) is 23.4 Å². The van der Waals surface area contributed by atoms with Crippen molar-refractivity contribution in [3.8, 4) is 0 Å². The number of amides is 1. The fourth-order valence-corrected chi connectivity index (χ4v) is 3.11. The molecule has 1 unspecified atom stereocenters. The molecule has 1 heterocycles. The van der Waals surface area contributed by atoms with Gasteiger partial charge in [0.1, 0.15) is 5.60 Å². The van der Waals surface area contributed by atoms with E-state index in [1.807, 2.05) is 30.3 Å². The largest absolute Gasteiger partial charge is 0.459 e. The molecule has 0 fully saturated rings. The van der Waals surface area contributed by atoms with E-state index in [1.165, 1.54) is 0 Å². The van der Waals surface area contributed by atoms with Crippen molar-refractivity contribution < 1.29 is 14.3 Å². The van der Waals surface area contributed by atoms with Gasteiger partial charge >= 0.3 is 5.97 Å². The molecule has 0 aromatic heterocycles. The molecular formula is C20H22N2O3. The minimum atomic E-state index is -1.45. The van der Waals surface area contributed by atoms with Gasteiger partial charge in [0.15, 0.2) is 5.41 Å². The average Bonchev–Trinajstić information content (AvgIpc) is 2.81.